The molecule has 0 radical (unpaired) electrons. The molecule has 78 valence electrons. The van der Waals surface area contributed by atoms with Crippen molar-refractivity contribution in [1.29, 1.82) is 0 Å². The first-order valence-corrected chi connectivity index (χ1v) is 4.60. The fourth-order valence-electron chi connectivity index (χ4n) is 1.55. The van der Waals surface area contributed by atoms with Crippen molar-refractivity contribution in [3.8, 4) is 0 Å². The van der Waals surface area contributed by atoms with E-state index in [1.54, 1.807) is 6.92 Å². The third-order valence-electron chi connectivity index (χ3n) is 2.34. The Bertz CT molecular complexity index is 274. The molecule has 0 aromatic rings. The zero-order valence-electron chi connectivity index (χ0n) is 8.02. The number of aliphatic carboxylic acids is 1. The number of ketones is 1. The van der Waals surface area contributed by atoms with E-state index < -0.39 is 12.0 Å². The van der Waals surface area contributed by atoms with E-state index in [9.17, 15) is 14.4 Å². The minimum Gasteiger partial charge on any atom is -0.480 e. The lowest BCUT2D eigenvalue weighted by Crippen LogP contribution is -2.50. The van der Waals surface area contributed by atoms with Gasteiger partial charge in [0.15, 0.2) is 0 Å². The Morgan fingerprint density at radius 3 is 2.71 bits per heavy atom. The maximum absolute atomic E-state index is 11.3. The van der Waals surface area contributed by atoms with Gasteiger partial charge in [0.1, 0.15) is 11.8 Å². The highest BCUT2D eigenvalue weighted by Gasteiger charge is 2.34. The van der Waals surface area contributed by atoms with E-state index in [2.05, 4.69) is 0 Å². The van der Waals surface area contributed by atoms with Gasteiger partial charge in [-0.3, -0.25) is 9.59 Å². The molecule has 0 aromatic heterocycles. The number of piperidine rings is 1. The minimum absolute atomic E-state index is 0.0545. The normalized spacial score (nSPS) is 22.2. The summed E-state index contributed by atoms with van der Waals surface area (Å²) in [6, 6.07) is -0.955. The monoisotopic (exact) mass is 199 g/mol. The highest BCUT2D eigenvalue weighted by Crippen LogP contribution is 2.15. The van der Waals surface area contributed by atoms with E-state index in [1.807, 2.05) is 0 Å². The molecule has 1 N–H and O–H groups in total. The lowest BCUT2D eigenvalue weighted by Gasteiger charge is -2.31. The van der Waals surface area contributed by atoms with Crippen LogP contribution in [-0.4, -0.2) is 40.3 Å². The average Bonchev–Trinajstić information content (AvgIpc) is 2.16. The van der Waals surface area contributed by atoms with Crippen LogP contribution < -0.4 is 0 Å². The minimum atomic E-state index is -1.10. The summed E-state index contributed by atoms with van der Waals surface area (Å²) in [7, 11) is 0. The number of carboxylic acid groups (broad SMARTS) is 1. The topological polar surface area (TPSA) is 74.7 Å². The fraction of sp³-hybridized carbons (Fsp3) is 0.667. The molecule has 1 heterocycles. The first kappa shape index (κ1) is 10.7. The predicted molar refractivity (Wildman–Crippen MR) is 47.7 cm³/mol. The highest BCUT2D eigenvalue weighted by atomic mass is 16.4. The molecule has 1 atom stereocenters. The van der Waals surface area contributed by atoms with Crippen LogP contribution in [0.4, 0.5) is 0 Å². The number of nitrogens with zero attached hydrogens (tertiary/aromatic N) is 1. The second kappa shape index (κ2) is 4.21. The number of carbonyl (C=O) groups excluding carboxylic acids is 2. The number of amides is 1. The number of likely N-dealkylation sites (tertiary alicyclic amines) is 1. The molecule has 0 bridgehead atoms. The average molecular weight is 199 g/mol. The molecule has 1 saturated heterocycles. The number of hydrogen-bond acceptors (Lipinski definition) is 3. The predicted octanol–water partition coefficient (Wildman–Crippen LogP) is 0.0411. The van der Waals surface area contributed by atoms with Crippen LogP contribution in [0.3, 0.4) is 0 Å². The molecule has 1 rings (SSSR count). The van der Waals surface area contributed by atoms with Crippen molar-refractivity contribution < 1.29 is 19.5 Å². The summed E-state index contributed by atoms with van der Waals surface area (Å²) in [6.45, 7) is 1.92. The molecule has 1 fully saturated rings. The van der Waals surface area contributed by atoms with Crippen LogP contribution in [0, 0.1) is 0 Å². The molecule has 0 spiro atoms. The molecule has 5 heteroatoms. The number of carbonyl (C=O) groups is 3. The van der Waals surface area contributed by atoms with Crippen molar-refractivity contribution in [2.45, 2.75) is 32.2 Å². The van der Waals surface area contributed by atoms with Crippen LogP contribution in [0.1, 0.15) is 26.2 Å². The Hall–Kier alpha value is -1.39. The van der Waals surface area contributed by atoms with Gasteiger partial charge >= 0.3 is 5.97 Å². The molecule has 14 heavy (non-hydrogen) atoms. The van der Waals surface area contributed by atoms with E-state index in [4.69, 9.17) is 5.11 Å². The largest absolute Gasteiger partial charge is 0.480 e. The Balaban J connectivity index is 2.77. The maximum atomic E-state index is 11.3. The summed E-state index contributed by atoms with van der Waals surface area (Å²) in [4.78, 5) is 34.4. The Labute approximate surface area is 81.7 Å². The molecule has 1 unspecified atom stereocenters. The van der Waals surface area contributed by atoms with Crippen molar-refractivity contribution >= 4 is 17.7 Å². The third-order valence-corrected chi connectivity index (χ3v) is 2.34. The van der Waals surface area contributed by atoms with Gasteiger partial charge < -0.3 is 10.0 Å². The standard InChI is InChI=1S/C9H13NO4/c1-2-8(12)10-4-3-6(11)5-7(10)9(13)14/h7H,2-5H2,1H3,(H,13,14). The summed E-state index contributed by atoms with van der Waals surface area (Å²) in [5.74, 6) is -1.39. The smallest absolute Gasteiger partial charge is 0.326 e. The van der Waals surface area contributed by atoms with Gasteiger partial charge in [-0.2, -0.15) is 0 Å². The van der Waals surface area contributed by atoms with Crippen LogP contribution >= 0.6 is 0 Å². The second-order valence-electron chi connectivity index (χ2n) is 3.29. The molecule has 0 aromatic carbocycles. The van der Waals surface area contributed by atoms with Gasteiger partial charge in [0, 0.05) is 25.8 Å². The van der Waals surface area contributed by atoms with Gasteiger partial charge in [-0.25, -0.2) is 4.79 Å². The summed E-state index contributed by atoms with van der Waals surface area (Å²) in [5.41, 5.74) is 0. The number of Topliss-reactive ketones (excluding diaryl/α,β-unsaturated/α-hetero) is 1. The Kier molecular flexibility index (Phi) is 3.22. The van der Waals surface area contributed by atoms with E-state index in [1.165, 1.54) is 4.90 Å². The van der Waals surface area contributed by atoms with Gasteiger partial charge in [-0.05, 0) is 0 Å². The van der Waals surface area contributed by atoms with Crippen molar-refractivity contribution in [2.75, 3.05) is 6.54 Å². The number of hydrogen-bond donors (Lipinski definition) is 1. The van der Waals surface area contributed by atoms with Crippen molar-refractivity contribution in [3.05, 3.63) is 0 Å². The quantitative estimate of drug-likeness (QED) is 0.681. The van der Waals surface area contributed by atoms with E-state index in [0.717, 1.165) is 0 Å². The SMILES string of the molecule is CCC(=O)N1CCC(=O)CC1C(=O)O. The maximum Gasteiger partial charge on any atom is 0.326 e. The van der Waals surface area contributed by atoms with Gasteiger partial charge in [0.2, 0.25) is 5.91 Å². The van der Waals surface area contributed by atoms with E-state index >= 15 is 0 Å². The molecule has 5 nitrogen and oxygen atoms in total. The van der Waals surface area contributed by atoms with Crippen LogP contribution in [0.2, 0.25) is 0 Å². The number of rotatable bonds is 2. The zero-order chi connectivity index (χ0) is 10.7. The van der Waals surface area contributed by atoms with Gasteiger partial charge in [0.05, 0.1) is 0 Å². The van der Waals surface area contributed by atoms with Crippen molar-refractivity contribution in [2.24, 2.45) is 0 Å². The van der Waals surface area contributed by atoms with Crippen LogP contribution in [0.25, 0.3) is 0 Å². The Morgan fingerprint density at radius 2 is 2.21 bits per heavy atom. The van der Waals surface area contributed by atoms with Crippen molar-refractivity contribution in [1.82, 2.24) is 4.90 Å². The fourth-order valence-corrected chi connectivity index (χ4v) is 1.55. The summed E-state index contributed by atoms with van der Waals surface area (Å²) in [5, 5.41) is 8.82. The van der Waals surface area contributed by atoms with Crippen LogP contribution in [0.15, 0.2) is 0 Å². The van der Waals surface area contributed by atoms with Gasteiger partial charge in [0.25, 0.3) is 0 Å². The third kappa shape index (κ3) is 2.10. The molecular weight excluding hydrogens is 186 g/mol. The summed E-state index contributed by atoms with van der Waals surface area (Å²) < 4.78 is 0. The first-order chi connectivity index (χ1) is 6.56. The van der Waals surface area contributed by atoms with Gasteiger partial charge in [-0.15, -0.1) is 0 Å². The van der Waals surface area contributed by atoms with Crippen LogP contribution in [-0.2, 0) is 14.4 Å². The molecule has 1 amide bonds. The van der Waals surface area contributed by atoms with E-state index in [-0.39, 0.29) is 37.5 Å². The molecule has 0 saturated carbocycles. The van der Waals surface area contributed by atoms with Gasteiger partial charge in [-0.1, -0.05) is 6.92 Å². The zero-order valence-corrected chi connectivity index (χ0v) is 8.02. The molecule has 1 aliphatic rings. The van der Waals surface area contributed by atoms with Crippen LogP contribution in [0.5, 0.6) is 0 Å². The lowest BCUT2D eigenvalue weighted by atomic mass is 10.0. The lowest BCUT2D eigenvalue weighted by molar-refractivity contribution is -0.154. The highest BCUT2D eigenvalue weighted by molar-refractivity contribution is 5.91. The second-order valence-corrected chi connectivity index (χ2v) is 3.29. The summed E-state index contributed by atoms with van der Waals surface area (Å²) >= 11 is 0. The molecule has 0 aliphatic carbocycles. The number of carboxylic acids is 1. The van der Waals surface area contributed by atoms with Crippen molar-refractivity contribution in [3.63, 3.8) is 0 Å². The molecule has 1 aliphatic heterocycles. The molecular formula is C9H13NO4. The van der Waals surface area contributed by atoms with E-state index in [0.29, 0.717) is 0 Å². The first-order valence-electron chi connectivity index (χ1n) is 4.60. The Morgan fingerprint density at radius 1 is 1.57 bits per heavy atom. The summed E-state index contributed by atoms with van der Waals surface area (Å²) in [6.07, 6.45) is 0.495.